The van der Waals surface area contributed by atoms with E-state index in [0.29, 0.717) is 25.9 Å². The molecule has 1 amide bonds. The summed E-state index contributed by atoms with van der Waals surface area (Å²) in [5.41, 5.74) is 7.45. The molecule has 1 heterocycles. The van der Waals surface area contributed by atoms with Crippen LogP contribution in [0.3, 0.4) is 0 Å². The highest BCUT2D eigenvalue weighted by atomic mass is 16.3. The number of aliphatic hydroxyl groups is 1. The van der Waals surface area contributed by atoms with Crippen molar-refractivity contribution in [3.63, 3.8) is 0 Å². The maximum absolute atomic E-state index is 11.8. The van der Waals surface area contributed by atoms with Gasteiger partial charge in [0, 0.05) is 25.2 Å². The number of amides is 1. The van der Waals surface area contributed by atoms with Crippen LogP contribution in [0, 0.1) is 0 Å². The zero-order chi connectivity index (χ0) is 12.3. The summed E-state index contributed by atoms with van der Waals surface area (Å²) < 4.78 is 0. The van der Waals surface area contributed by atoms with Crippen LogP contribution in [-0.4, -0.2) is 35.1 Å². The minimum atomic E-state index is -0.338. The van der Waals surface area contributed by atoms with Gasteiger partial charge in [0.25, 0.3) is 0 Å². The quantitative estimate of drug-likeness (QED) is 0.760. The molecule has 92 valence electrons. The monoisotopic (exact) mass is 234 g/mol. The molecule has 0 spiro atoms. The van der Waals surface area contributed by atoms with Crippen molar-refractivity contribution in [1.82, 2.24) is 4.90 Å². The number of rotatable bonds is 3. The Morgan fingerprint density at radius 1 is 1.41 bits per heavy atom. The number of carbonyl (C=O) groups excluding carboxylic acids is 1. The first kappa shape index (κ1) is 11.9. The SMILES string of the molecule is Nc1ccc(CCC(=O)N2CC[C@H](O)C2)cc1. The first-order chi connectivity index (χ1) is 8.15. The van der Waals surface area contributed by atoms with Gasteiger partial charge in [0.05, 0.1) is 6.10 Å². The fraction of sp³-hybridized carbons (Fsp3) is 0.462. The number of anilines is 1. The number of β-amino-alcohol motifs (C(OH)–C–C–N with tert-alkyl or cyclic N) is 1. The van der Waals surface area contributed by atoms with Crippen LogP contribution in [0.1, 0.15) is 18.4 Å². The van der Waals surface area contributed by atoms with Gasteiger partial charge in [-0.3, -0.25) is 4.79 Å². The van der Waals surface area contributed by atoms with Crippen molar-refractivity contribution in [3.05, 3.63) is 29.8 Å². The number of hydrogen-bond donors (Lipinski definition) is 2. The fourth-order valence-corrected chi connectivity index (χ4v) is 2.06. The van der Waals surface area contributed by atoms with Crippen LogP contribution in [-0.2, 0) is 11.2 Å². The largest absolute Gasteiger partial charge is 0.399 e. The molecule has 0 saturated carbocycles. The molecule has 1 aromatic carbocycles. The average molecular weight is 234 g/mol. The maximum atomic E-state index is 11.8. The van der Waals surface area contributed by atoms with Crippen molar-refractivity contribution in [2.45, 2.75) is 25.4 Å². The summed E-state index contributed by atoms with van der Waals surface area (Å²) in [6.45, 7) is 1.17. The number of aryl methyl sites for hydroxylation is 1. The van der Waals surface area contributed by atoms with E-state index in [1.807, 2.05) is 24.3 Å². The van der Waals surface area contributed by atoms with Crippen molar-refractivity contribution in [2.24, 2.45) is 0 Å². The Bertz CT molecular complexity index is 389. The molecule has 17 heavy (non-hydrogen) atoms. The average Bonchev–Trinajstić information content (AvgIpc) is 2.75. The number of nitrogen functional groups attached to an aromatic ring is 1. The van der Waals surface area contributed by atoms with Crippen LogP contribution in [0.5, 0.6) is 0 Å². The summed E-state index contributed by atoms with van der Waals surface area (Å²) in [6.07, 6.45) is 1.59. The summed E-state index contributed by atoms with van der Waals surface area (Å²) in [7, 11) is 0. The summed E-state index contributed by atoms with van der Waals surface area (Å²) in [4.78, 5) is 13.6. The molecule has 4 heteroatoms. The standard InChI is InChI=1S/C13H18N2O2/c14-11-4-1-10(2-5-11)3-6-13(17)15-8-7-12(16)9-15/h1-2,4-5,12,16H,3,6-9,14H2/t12-/m0/s1. The summed E-state index contributed by atoms with van der Waals surface area (Å²) in [6, 6.07) is 7.59. The molecule has 0 unspecified atom stereocenters. The van der Waals surface area contributed by atoms with Crippen molar-refractivity contribution < 1.29 is 9.90 Å². The molecule has 1 aromatic rings. The first-order valence-corrected chi connectivity index (χ1v) is 5.95. The molecule has 2 rings (SSSR count). The van der Waals surface area contributed by atoms with Gasteiger partial charge in [-0.05, 0) is 30.5 Å². The summed E-state index contributed by atoms with van der Waals surface area (Å²) in [5, 5.41) is 9.36. The Morgan fingerprint density at radius 3 is 2.71 bits per heavy atom. The van der Waals surface area contributed by atoms with Crippen LogP contribution < -0.4 is 5.73 Å². The van der Waals surface area contributed by atoms with Crippen LogP contribution in [0.2, 0.25) is 0 Å². The Balaban J connectivity index is 1.82. The van der Waals surface area contributed by atoms with Gasteiger partial charge in [-0.25, -0.2) is 0 Å². The third kappa shape index (κ3) is 3.20. The second kappa shape index (κ2) is 5.19. The van der Waals surface area contributed by atoms with E-state index >= 15 is 0 Å². The summed E-state index contributed by atoms with van der Waals surface area (Å²) in [5.74, 6) is 0.123. The van der Waals surface area contributed by atoms with Gasteiger partial charge in [-0.1, -0.05) is 12.1 Å². The highest BCUT2D eigenvalue weighted by Crippen LogP contribution is 2.12. The molecule has 3 N–H and O–H groups in total. The minimum absolute atomic E-state index is 0.123. The molecular formula is C13H18N2O2. The van der Waals surface area contributed by atoms with Gasteiger partial charge in [0.15, 0.2) is 0 Å². The van der Waals surface area contributed by atoms with E-state index in [9.17, 15) is 9.90 Å². The highest BCUT2D eigenvalue weighted by Gasteiger charge is 2.23. The van der Waals surface area contributed by atoms with E-state index in [0.717, 1.165) is 17.7 Å². The fourth-order valence-electron chi connectivity index (χ4n) is 2.06. The minimum Gasteiger partial charge on any atom is -0.399 e. The zero-order valence-electron chi connectivity index (χ0n) is 9.80. The predicted molar refractivity (Wildman–Crippen MR) is 66.4 cm³/mol. The summed E-state index contributed by atoms with van der Waals surface area (Å²) >= 11 is 0. The maximum Gasteiger partial charge on any atom is 0.222 e. The molecule has 1 fully saturated rings. The lowest BCUT2D eigenvalue weighted by atomic mass is 10.1. The lowest BCUT2D eigenvalue weighted by Gasteiger charge is -2.15. The van der Waals surface area contributed by atoms with Gasteiger partial charge < -0.3 is 15.7 Å². The molecule has 1 aliphatic heterocycles. The van der Waals surface area contributed by atoms with Crippen LogP contribution in [0.25, 0.3) is 0 Å². The van der Waals surface area contributed by atoms with Crippen molar-refractivity contribution in [3.8, 4) is 0 Å². The van der Waals surface area contributed by atoms with Crippen molar-refractivity contribution in [1.29, 1.82) is 0 Å². The molecule has 1 atom stereocenters. The molecule has 0 aliphatic carbocycles. The van der Waals surface area contributed by atoms with E-state index in [4.69, 9.17) is 5.73 Å². The topological polar surface area (TPSA) is 66.6 Å². The van der Waals surface area contributed by atoms with Gasteiger partial charge in [0.2, 0.25) is 5.91 Å². The molecule has 1 saturated heterocycles. The third-order valence-corrected chi connectivity index (χ3v) is 3.12. The molecule has 0 aromatic heterocycles. The van der Waals surface area contributed by atoms with Crippen LogP contribution >= 0.6 is 0 Å². The van der Waals surface area contributed by atoms with E-state index < -0.39 is 0 Å². The zero-order valence-corrected chi connectivity index (χ0v) is 9.80. The van der Waals surface area contributed by atoms with Gasteiger partial charge in [-0.2, -0.15) is 0 Å². The lowest BCUT2D eigenvalue weighted by molar-refractivity contribution is -0.130. The van der Waals surface area contributed by atoms with Crippen molar-refractivity contribution >= 4 is 11.6 Å². The number of carbonyl (C=O) groups is 1. The number of benzene rings is 1. The normalized spacial score (nSPS) is 19.6. The predicted octanol–water partition coefficient (Wildman–Crippen LogP) is 0.795. The first-order valence-electron chi connectivity index (χ1n) is 5.95. The van der Waals surface area contributed by atoms with Gasteiger partial charge >= 0.3 is 0 Å². The third-order valence-electron chi connectivity index (χ3n) is 3.12. The number of nitrogens with two attached hydrogens (primary N) is 1. The van der Waals surface area contributed by atoms with Gasteiger partial charge in [0.1, 0.15) is 0 Å². The Labute approximate surface area is 101 Å². The van der Waals surface area contributed by atoms with Crippen LogP contribution in [0.4, 0.5) is 5.69 Å². The van der Waals surface area contributed by atoms with E-state index in [1.54, 1.807) is 4.90 Å². The smallest absolute Gasteiger partial charge is 0.222 e. The second-order valence-electron chi connectivity index (χ2n) is 4.52. The number of likely N-dealkylation sites (tertiary alicyclic amines) is 1. The number of aliphatic hydroxyl groups excluding tert-OH is 1. The lowest BCUT2D eigenvalue weighted by Crippen LogP contribution is -2.29. The number of hydrogen-bond acceptors (Lipinski definition) is 3. The molecule has 4 nitrogen and oxygen atoms in total. The number of nitrogens with zero attached hydrogens (tertiary/aromatic N) is 1. The Hall–Kier alpha value is -1.55. The Morgan fingerprint density at radius 2 is 2.12 bits per heavy atom. The van der Waals surface area contributed by atoms with E-state index in [2.05, 4.69) is 0 Å². The molecule has 0 radical (unpaired) electrons. The van der Waals surface area contributed by atoms with Gasteiger partial charge in [-0.15, -0.1) is 0 Å². The molecular weight excluding hydrogens is 216 g/mol. The molecule has 1 aliphatic rings. The van der Waals surface area contributed by atoms with E-state index in [1.165, 1.54) is 0 Å². The van der Waals surface area contributed by atoms with Crippen LogP contribution in [0.15, 0.2) is 24.3 Å². The van der Waals surface area contributed by atoms with Crippen molar-refractivity contribution in [2.75, 3.05) is 18.8 Å². The van der Waals surface area contributed by atoms with E-state index in [-0.39, 0.29) is 12.0 Å². The highest BCUT2D eigenvalue weighted by molar-refractivity contribution is 5.76. The molecule has 0 bridgehead atoms. The second-order valence-corrected chi connectivity index (χ2v) is 4.52. The Kier molecular flexibility index (Phi) is 3.64.